The van der Waals surface area contributed by atoms with E-state index in [9.17, 15) is 13.6 Å². The Kier molecular flexibility index (Phi) is 5.09. The smallest absolute Gasteiger partial charge is 0.258 e. The third-order valence-corrected chi connectivity index (χ3v) is 4.74. The molecule has 10 heteroatoms. The maximum absolute atomic E-state index is 13.8. The molecule has 1 aromatic heterocycles. The van der Waals surface area contributed by atoms with Crippen molar-refractivity contribution in [1.29, 1.82) is 0 Å². The summed E-state index contributed by atoms with van der Waals surface area (Å²) in [5.74, 6) is -2.26. The van der Waals surface area contributed by atoms with E-state index in [1.807, 2.05) is 0 Å². The van der Waals surface area contributed by atoms with E-state index in [-0.39, 0.29) is 5.56 Å². The first kappa shape index (κ1) is 17.5. The van der Waals surface area contributed by atoms with Gasteiger partial charge in [0.05, 0.1) is 11.3 Å². The summed E-state index contributed by atoms with van der Waals surface area (Å²) in [5, 5.41) is 14.3. The quantitative estimate of drug-likeness (QED) is 0.690. The van der Waals surface area contributed by atoms with Crippen LogP contribution in [0, 0.1) is 11.6 Å². The third kappa shape index (κ3) is 4.02. The second kappa shape index (κ2) is 7.28. The first-order valence-electron chi connectivity index (χ1n) is 6.90. The number of hydrogen-bond acceptors (Lipinski definition) is 5. The second-order valence-electron chi connectivity index (χ2n) is 4.91. The van der Waals surface area contributed by atoms with E-state index in [4.69, 9.17) is 0 Å². The minimum absolute atomic E-state index is 0.378. The normalized spacial score (nSPS) is 10.7. The number of aromatic nitrogens is 4. The molecule has 2 aromatic carbocycles. The van der Waals surface area contributed by atoms with Crippen LogP contribution in [0.2, 0.25) is 0 Å². The number of rotatable bonds is 4. The molecular weight excluding hydrogens is 416 g/mol. The van der Waals surface area contributed by atoms with Gasteiger partial charge in [-0.25, -0.2) is 13.5 Å². The van der Waals surface area contributed by atoms with Crippen LogP contribution >= 0.6 is 27.7 Å². The number of carbonyl (C=O) groups is 1. The molecule has 3 aromatic rings. The number of amides is 1. The van der Waals surface area contributed by atoms with Crippen molar-refractivity contribution in [3.05, 3.63) is 58.1 Å². The van der Waals surface area contributed by atoms with Gasteiger partial charge in [0.1, 0.15) is 11.6 Å². The Labute approximate surface area is 153 Å². The average Bonchev–Trinajstić information content (AvgIpc) is 2.97. The number of benzene rings is 2. The number of nitrogens with zero attached hydrogens (tertiary/aromatic N) is 4. The minimum Gasteiger partial charge on any atom is -0.321 e. The summed E-state index contributed by atoms with van der Waals surface area (Å²) in [5.41, 5.74) is 0.0345. The number of carbonyl (C=O) groups excluding carboxylic acids is 1. The SMILES string of the molecule is Cn1nnnc1Sc1ccc(Br)cc1NC(=O)c1cc(F)ccc1F. The lowest BCUT2D eigenvalue weighted by atomic mass is 10.2. The molecule has 6 nitrogen and oxygen atoms in total. The van der Waals surface area contributed by atoms with Gasteiger partial charge in [0.2, 0.25) is 5.16 Å². The van der Waals surface area contributed by atoms with Crippen LogP contribution in [-0.4, -0.2) is 26.1 Å². The molecule has 0 saturated carbocycles. The molecule has 0 bridgehead atoms. The Hall–Kier alpha value is -2.33. The number of hydrogen-bond donors (Lipinski definition) is 1. The molecule has 1 heterocycles. The van der Waals surface area contributed by atoms with Crippen LogP contribution < -0.4 is 5.32 Å². The third-order valence-electron chi connectivity index (χ3n) is 3.15. The molecule has 0 saturated heterocycles. The summed E-state index contributed by atoms with van der Waals surface area (Å²) in [6.07, 6.45) is 0. The predicted molar refractivity (Wildman–Crippen MR) is 91.4 cm³/mol. The molecule has 0 aliphatic carbocycles. The largest absolute Gasteiger partial charge is 0.321 e. The van der Waals surface area contributed by atoms with Crippen molar-refractivity contribution in [2.45, 2.75) is 10.1 Å². The highest BCUT2D eigenvalue weighted by molar-refractivity contribution is 9.10. The first-order valence-corrected chi connectivity index (χ1v) is 8.51. The lowest BCUT2D eigenvalue weighted by Gasteiger charge is -2.11. The van der Waals surface area contributed by atoms with E-state index >= 15 is 0 Å². The molecule has 25 heavy (non-hydrogen) atoms. The van der Waals surface area contributed by atoms with Crippen molar-refractivity contribution in [3.63, 3.8) is 0 Å². The highest BCUT2D eigenvalue weighted by Gasteiger charge is 2.16. The van der Waals surface area contributed by atoms with E-state index in [1.165, 1.54) is 16.4 Å². The number of aryl methyl sites for hydroxylation is 1. The molecule has 0 aliphatic rings. The van der Waals surface area contributed by atoms with Crippen LogP contribution in [-0.2, 0) is 7.05 Å². The topological polar surface area (TPSA) is 72.7 Å². The lowest BCUT2D eigenvalue weighted by Crippen LogP contribution is -2.14. The summed E-state index contributed by atoms with van der Waals surface area (Å²) in [4.78, 5) is 13.0. The van der Waals surface area contributed by atoms with Gasteiger partial charge in [-0.3, -0.25) is 4.79 Å². The van der Waals surface area contributed by atoms with Crippen molar-refractivity contribution in [2.75, 3.05) is 5.32 Å². The predicted octanol–water partition coefficient (Wildman–Crippen LogP) is 3.65. The van der Waals surface area contributed by atoms with Crippen LogP contribution in [0.3, 0.4) is 0 Å². The van der Waals surface area contributed by atoms with Gasteiger partial charge in [0.15, 0.2) is 0 Å². The summed E-state index contributed by atoms with van der Waals surface area (Å²) in [6.45, 7) is 0. The Morgan fingerprint density at radius 1 is 1.24 bits per heavy atom. The van der Waals surface area contributed by atoms with Gasteiger partial charge in [-0.1, -0.05) is 15.9 Å². The van der Waals surface area contributed by atoms with E-state index in [2.05, 4.69) is 36.8 Å². The van der Waals surface area contributed by atoms with Crippen molar-refractivity contribution >= 4 is 39.3 Å². The fraction of sp³-hybridized carbons (Fsp3) is 0.0667. The minimum atomic E-state index is -0.805. The summed E-state index contributed by atoms with van der Waals surface area (Å²) in [7, 11) is 1.68. The maximum Gasteiger partial charge on any atom is 0.258 e. The van der Waals surface area contributed by atoms with Crippen LogP contribution in [0.25, 0.3) is 0 Å². The summed E-state index contributed by atoms with van der Waals surface area (Å²) >= 11 is 4.55. The molecule has 1 N–H and O–H groups in total. The van der Waals surface area contributed by atoms with Gasteiger partial charge < -0.3 is 5.32 Å². The molecule has 1 amide bonds. The van der Waals surface area contributed by atoms with Gasteiger partial charge in [-0.15, -0.1) is 5.10 Å². The van der Waals surface area contributed by atoms with Gasteiger partial charge in [0.25, 0.3) is 5.91 Å². The summed E-state index contributed by atoms with van der Waals surface area (Å²) < 4.78 is 29.3. The van der Waals surface area contributed by atoms with Crippen molar-refractivity contribution < 1.29 is 13.6 Å². The highest BCUT2D eigenvalue weighted by Crippen LogP contribution is 2.34. The second-order valence-corrected chi connectivity index (χ2v) is 6.83. The number of anilines is 1. The fourth-order valence-corrected chi connectivity index (χ4v) is 3.12. The van der Waals surface area contributed by atoms with Crippen molar-refractivity contribution in [1.82, 2.24) is 20.2 Å². The molecular formula is C15H10BrF2N5OS. The van der Waals surface area contributed by atoms with E-state index < -0.39 is 17.5 Å². The molecule has 128 valence electrons. The van der Waals surface area contributed by atoms with Crippen molar-refractivity contribution in [3.8, 4) is 0 Å². The Balaban J connectivity index is 1.91. The van der Waals surface area contributed by atoms with Crippen LogP contribution in [0.15, 0.2) is 50.9 Å². The summed E-state index contributed by atoms with van der Waals surface area (Å²) in [6, 6.07) is 7.90. The first-order chi connectivity index (χ1) is 11.9. The average molecular weight is 426 g/mol. The Morgan fingerprint density at radius 3 is 2.76 bits per heavy atom. The van der Waals surface area contributed by atoms with Gasteiger partial charge >= 0.3 is 0 Å². The molecule has 0 aliphatic heterocycles. The molecule has 3 rings (SSSR count). The maximum atomic E-state index is 13.8. The van der Waals surface area contributed by atoms with Crippen LogP contribution in [0.4, 0.5) is 14.5 Å². The van der Waals surface area contributed by atoms with Gasteiger partial charge in [-0.05, 0) is 58.6 Å². The van der Waals surface area contributed by atoms with E-state index in [0.717, 1.165) is 18.2 Å². The fourth-order valence-electron chi connectivity index (χ4n) is 1.96. The standard InChI is InChI=1S/C15H10BrF2N5OS/c1-23-15(20-21-22-23)25-13-5-2-8(16)6-12(13)19-14(24)10-7-9(17)3-4-11(10)18/h2-7H,1H3,(H,19,24). The number of nitrogens with one attached hydrogen (secondary N) is 1. The zero-order valence-electron chi connectivity index (χ0n) is 12.7. The monoisotopic (exact) mass is 425 g/mol. The molecule has 0 unspecified atom stereocenters. The van der Waals surface area contributed by atoms with Crippen molar-refractivity contribution in [2.24, 2.45) is 7.05 Å². The molecule has 0 fully saturated rings. The van der Waals surface area contributed by atoms with Gasteiger partial charge in [-0.2, -0.15) is 0 Å². The van der Waals surface area contributed by atoms with Gasteiger partial charge in [0, 0.05) is 16.4 Å². The Morgan fingerprint density at radius 2 is 2.04 bits per heavy atom. The molecule has 0 spiro atoms. The zero-order valence-corrected chi connectivity index (χ0v) is 15.1. The number of tetrazole rings is 1. The van der Waals surface area contributed by atoms with E-state index in [1.54, 1.807) is 25.2 Å². The molecule has 0 radical (unpaired) electrons. The highest BCUT2D eigenvalue weighted by atomic mass is 79.9. The lowest BCUT2D eigenvalue weighted by molar-refractivity contribution is 0.102. The Bertz CT molecular complexity index is 949. The van der Waals surface area contributed by atoms with Crippen LogP contribution in [0.1, 0.15) is 10.4 Å². The molecule has 0 atom stereocenters. The van der Waals surface area contributed by atoms with Crippen LogP contribution in [0.5, 0.6) is 0 Å². The number of halogens is 3. The zero-order chi connectivity index (χ0) is 18.0. The van der Waals surface area contributed by atoms with E-state index in [0.29, 0.717) is 20.2 Å².